The van der Waals surface area contributed by atoms with Crippen molar-refractivity contribution in [2.24, 2.45) is 0 Å². The van der Waals surface area contributed by atoms with Gasteiger partial charge in [0.25, 0.3) is 0 Å². The number of rotatable bonds is 6. The largest absolute Gasteiger partial charge is 0.494 e. The molecule has 1 amide bonds. The maximum absolute atomic E-state index is 12.5. The molecule has 1 aromatic heterocycles. The van der Waals surface area contributed by atoms with E-state index in [0.717, 1.165) is 54.7 Å². The molecule has 7 heteroatoms. The Kier molecular flexibility index (Phi) is 7.87. The molecule has 0 saturated carbocycles. The summed E-state index contributed by atoms with van der Waals surface area (Å²) in [5.74, 6) is 1.05. The Hall–Kier alpha value is -1.63. The zero-order chi connectivity index (χ0) is 17.6. The van der Waals surface area contributed by atoms with Crippen molar-refractivity contribution in [3.05, 3.63) is 45.9 Å². The number of thiazole rings is 1. The molecule has 0 radical (unpaired) electrons. The quantitative estimate of drug-likeness (QED) is 0.753. The summed E-state index contributed by atoms with van der Waals surface area (Å²) in [5, 5.41) is 3.25. The van der Waals surface area contributed by atoms with Crippen LogP contribution in [0.25, 0.3) is 0 Å². The Bertz CT molecular complexity index is 697. The van der Waals surface area contributed by atoms with Crippen molar-refractivity contribution >= 4 is 29.7 Å². The fourth-order valence-electron chi connectivity index (χ4n) is 2.98. The standard InChI is InChI=1S/C19H25N3O2S.ClH/c1-3-24-17-6-4-16(5-7-17)12-19(23)22-10-8-21(9-11-22)13-18-20-15(2)14-25-18;/h4-7,14H,3,8-13H2,1-2H3;1H. The van der Waals surface area contributed by atoms with Gasteiger partial charge in [-0.25, -0.2) is 4.98 Å². The van der Waals surface area contributed by atoms with E-state index in [1.807, 2.05) is 43.0 Å². The molecule has 0 bridgehead atoms. The van der Waals surface area contributed by atoms with Crippen molar-refractivity contribution in [3.8, 4) is 5.75 Å². The van der Waals surface area contributed by atoms with Gasteiger partial charge in [0.15, 0.2) is 0 Å². The molecule has 1 saturated heterocycles. The molecule has 142 valence electrons. The number of halogens is 1. The maximum Gasteiger partial charge on any atom is 0.227 e. The lowest BCUT2D eigenvalue weighted by molar-refractivity contribution is -0.132. The normalized spacial score (nSPS) is 14.8. The van der Waals surface area contributed by atoms with Gasteiger partial charge in [-0.2, -0.15) is 0 Å². The van der Waals surface area contributed by atoms with E-state index in [1.54, 1.807) is 11.3 Å². The number of aromatic nitrogens is 1. The highest BCUT2D eigenvalue weighted by Crippen LogP contribution is 2.15. The third-order valence-corrected chi connectivity index (χ3v) is 5.29. The first-order valence-corrected chi connectivity index (χ1v) is 9.65. The first-order chi connectivity index (χ1) is 12.1. The highest BCUT2D eigenvalue weighted by atomic mass is 35.5. The van der Waals surface area contributed by atoms with Crippen LogP contribution in [0.1, 0.15) is 23.2 Å². The predicted octanol–water partition coefficient (Wildman–Crippen LogP) is 3.16. The number of carbonyl (C=O) groups excluding carboxylic acids is 1. The average molecular weight is 396 g/mol. The number of hydrogen-bond acceptors (Lipinski definition) is 5. The molecular formula is C19H26ClN3O2S. The van der Waals surface area contributed by atoms with Crippen molar-refractivity contribution in [2.75, 3.05) is 32.8 Å². The minimum absolute atomic E-state index is 0. The summed E-state index contributed by atoms with van der Waals surface area (Å²) in [6.45, 7) is 8.94. The van der Waals surface area contributed by atoms with Gasteiger partial charge < -0.3 is 9.64 Å². The Morgan fingerprint density at radius 2 is 1.88 bits per heavy atom. The number of aryl methyl sites for hydroxylation is 1. The Morgan fingerprint density at radius 3 is 2.46 bits per heavy atom. The smallest absolute Gasteiger partial charge is 0.227 e. The van der Waals surface area contributed by atoms with Crippen LogP contribution in [0, 0.1) is 6.92 Å². The van der Waals surface area contributed by atoms with Crippen molar-refractivity contribution in [3.63, 3.8) is 0 Å². The molecule has 2 aromatic rings. The highest BCUT2D eigenvalue weighted by Gasteiger charge is 2.21. The number of hydrogen-bond donors (Lipinski definition) is 0. The number of carbonyl (C=O) groups is 1. The van der Waals surface area contributed by atoms with Gasteiger partial charge in [0, 0.05) is 37.3 Å². The Labute approximate surface area is 165 Å². The van der Waals surface area contributed by atoms with Gasteiger partial charge in [-0.05, 0) is 31.5 Å². The molecule has 3 rings (SSSR count). The highest BCUT2D eigenvalue weighted by molar-refractivity contribution is 7.09. The average Bonchev–Trinajstić information content (AvgIpc) is 3.02. The zero-order valence-electron chi connectivity index (χ0n) is 15.3. The summed E-state index contributed by atoms with van der Waals surface area (Å²) in [7, 11) is 0. The van der Waals surface area contributed by atoms with E-state index in [1.165, 1.54) is 0 Å². The van der Waals surface area contributed by atoms with Crippen molar-refractivity contribution in [2.45, 2.75) is 26.8 Å². The van der Waals surface area contributed by atoms with E-state index in [4.69, 9.17) is 4.74 Å². The number of ether oxygens (including phenoxy) is 1. The van der Waals surface area contributed by atoms with E-state index in [9.17, 15) is 4.79 Å². The van der Waals surface area contributed by atoms with Crippen LogP contribution in [-0.2, 0) is 17.8 Å². The van der Waals surface area contributed by atoms with Crippen LogP contribution in [-0.4, -0.2) is 53.5 Å². The summed E-state index contributed by atoms with van der Waals surface area (Å²) < 4.78 is 5.44. The predicted molar refractivity (Wildman–Crippen MR) is 107 cm³/mol. The van der Waals surface area contributed by atoms with Crippen molar-refractivity contribution in [1.82, 2.24) is 14.8 Å². The summed E-state index contributed by atoms with van der Waals surface area (Å²) in [5.41, 5.74) is 2.12. The molecule has 2 heterocycles. The van der Waals surface area contributed by atoms with E-state index in [-0.39, 0.29) is 18.3 Å². The molecule has 5 nitrogen and oxygen atoms in total. The van der Waals surface area contributed by atoms with Gasteiger partial charge >= 0.3 is 0 Å². The minimum atomic E-state index is 0. The van der Waals surface area contributed by atoms with Crippen LogP contribution in [0.15, 0.2) is 29.6 Å². The number of amides is 1. The molecule has 1 aliphatic rings. The zero-order valence-corrected chi connectivity index (χ0v) is 16.9. The summed E-state index contributed by atoms with van der Waals surface area (Å²) >= 11 is 1.71. The molecule has 1 aliphatic heterocycles. The first kappa shape index (κ1) is 20.7. The number of benzene rings is 1. The second-order valence-electron chi connectivity index (χ2n) is 6.29. The summed E-state index contributed by atoms with van der Waals surface area (Å²) in [6.07, 6.45) is 0.456. The molecule has 0 N–H and O–H groups in total. The Balaban J connectivity index is 0.00000243. The van der Waals surface area contributed by atoms with Crippen LogP contribution in [0.4, 0.5) is 0 Å². The molecule has 26 heavy (non-hydrogen) atoms. The topological polar surface area (TPSA) is 45.7 Å². The van der Waals surface area contributed by atoms with Crippen LogP contribution < -0.4 is 4.74 Å². The van der Waals surface area contributed by atoms with Crippen molar-refractivity contribution in [1.29, 1.82) is 0 Å². The lowest BCUT2D eigenvalue weighted by Crippen LogP contribution is -2.48. The lowest BCUT2D eigenvalue weighted by atomic mass is 10.1. The van der Waals surface area contributed by atoms with Gasteiger partial charge in [0.05, 0.1) is 19.6 Å². The number of nitrogens with zero attached hydrogens (tertiary/aromatic N) is 3. The van der Waals surface area contributed by atoms with Gasteiger partial charge in [0.2, 0.25) is 5.91 Å². The van der Waals surface area contributed by atoms with Gasteiger partial charge in [0.1, 0.15) is 10.8 Å². The number of piperazine rings is 1. The molecule has 0 aliphatic carbocycles. The molecule has 0 atom stereocenters. The molecule has 0 unspecified atom stereocenters. The van der Waals surface area contributed by atoms with Crippen molar-refractivity contribution < 1.29 is 9.53 Å². The van der Waals surface area contributed by atoms with E-state index in [0.29, 0.717) is 13.0 Å². The van der Waals surface area contributed by atoms with Crippen LogP contribution in [0.2, 0.25) is 0 Å². The molecule has 1 aromatic carbocycles. The summed E-state index contributed by atoms with van der Waals surface area (Å²) in [4.78, 5) is 21.4. The Morgan fingerprint density at radius 1 is 1.19 bits per heavy atom. The molecule has 0 spiro atoms. The van der Waals surface area contributed by atoms with Gasteiger partial charge in [-0.1, -0.05) is 12.1 Å². The molecule has 1 fully saturated rings. The first-order valence-electron chi connectivity index (χ1n) is 8.77. The van der Waals surface area contributed by atoms with E-state index >= 15 is 0 Å². The SMILES string of the molecule is CCOc1ccc(CC(=O)N2CCN(Cc3nc(C)cs3)CC2)cc1.Cl. The minimum Gasteiger partial charge on any atom is -0.494 e. The fraction of sp³-hybridized carbons (Fsp3) is 0.474. The van der Waals surface area contributed by atoms with E-state index < -0.39 is 0 Å². The van der Waals surface area contributed by atoms with Crippen LogP contribution in [0.5, 0.6) is 5.75 Å². The molecular weight excluding hydrogens is 370 g/mol. The van der Waals surface area contributed by atoms with Gasteiger partial charge in [-0.3, -0.25) is 9.69 Å². The third kappa shape index (κ3) is 5.69. The van der Waals surface area contributed by atoms with Crippen LogP contribution >= 0.6 is 23.7 Å². The fourth-order valence-corrected chi connectivity index (χ4v) is 3.79. The van der Waals surface area contributed by atoms with Gasteiger partial charge in [-0.15, -0.1) is 23.7 Å². The second kappa shape index (κ2) is 9.90. The lowest BCUT2D eigenvalue weighted by Gasteiger charge is -2.34. The van der Waals surface area contributed by atoms with Crippen LogP contribution in [0.3, 0.4) is 0 Å². The monoisotopic (exact) mass is 395 g/mol. The third-order valence-electron chi connectivity index (χ3n) is 4.34. The second-order valence-corrected chi connectivity index (χ2v) is 7.24. The summed E-state index contributed by atoms with van der Waals surface area (Å²) in [6, 6.07) is 7.81. The van der Waals surface area contributed by atoms with E-state index in [2.05, 4.69) is 15.3 Å². The maximum atomic E-state index is 12.5.